The van der Waals surface area contributed by atoms with Crippen molar-refractivity contribution in [3.8, 4) is 0 Å². The number of benzene rings is 1. The van der Waals surface area contributed by atoms with E-state index in [0.29, 0.717) is 0 Å². The van der Waals surface area contributed by atoms with Gasteiger partial charge in [-0.3, -0.25) is 4.79 Å². The van der Waals surface area contributed by atoms with Crippen LogP contribution in [0.2, 0.25) is 0 Å². The molecule has 0 aliphatic rings. The molecule has 1 aromatic carbocycles. The second kappa shape index (κ2) is 6.63. The summed E-state index contributed by atoms with van der Waals surface area (Å²) >= 11 is 2.19. The zero-order valence-electron chi connectivity index (χ0n) is 10.1. The molecule has 0 bridgehead atoms. The van der Waals surface area contributed by atoms with Crippen LogP contribution in [0.3, 0.4) is 0 Å². The Morgan fingerprint density at radius 3 is 2.39 bits per heavy atom. The number of carbonyl (C=O) groups is 1. The molecule has 0 aliphatic heterocycles. The van der Waals surface area contributed by atoms with Crippen LogP contribution in [0.15, 0.2) is 24.3 Å². The Morgan fingerprint density at radius 1 is 1.33 bits per heavy atom. The molecule has 18 heavy (non-hydrogen) atoms. The van der Waals surface area contributed by atoms with E-state index >= 15 is 0 Å². The van der Waals surface area contributed by atoms with Gasteiger partial charge in [-0.2, -0.15) is 0 Å². The van der Waals surface area contributed by atoms with Gasteiger partial charge in [0.05, 0.1) is 11.8 Å². The van der Waals surface area contributed by atoms with E-state index in [4.69, 9.17) is 5.73 Å². The van der Waals surface area contributed by atoms with Crippen LogP contribution in [-0.4, -0.2) is 32.3 Å². The lowest BCUT2D eigenvalue weighted by atomic mass is 10.0. The average molecular weight is 381 g/mol. The highest BCUT2D eigenvalue weighted by molar-refractivity contribution is 14.1. The Bertz CT molecular complexity index is 511. The molecule has 0 aromatic heterocycles. The van der Waals surface area contributed by atoms with Crippen LogP contribution in [0.4, 0.5) is 0 Å². The molecule has 1 aromatic rings. The van der Waals surface area contributed by atoms with Crippen molar-refractivity contribution in [3.05, 3.63) is 33.4 Å². The van der Waals surface area contributed by atoms with Crippen molar-refractivity contribution < 1.29 is 13.2 Å². The van der Waals surface area contributed by atoms with Crippen molar-refractivity contribution in [3.63, 3.8) is 0 Å². The second-order valence-corrected chi connectivity index (χ2v) is 7.80. The van der Waals surface area contributed by atoms with Crippen molar-refractivity contribution in [2.24, 2.45) is 5.73 Å². The van der Waals surface area contributed by atoms with Crippen molar-refractivity contribution in [2.45, 2.75) is 18.9 Å². The Labute approximate surface area is 121 Å². The van der Waals surface area contributed by atoms with Gasteiger partial charge in [-0.1, -0.05) is 12.1 Å². The number of carbonyl (C=O) groups excluding carboxylic acids is 1. The predicted octanol–water partition coefficient (Wildman–Crippen LogP) is 1.16. The van der Waals surface area contributed by atoms with E-state index in [9.17, 15) is 13.2 Å². The number of rotatable bonds is 6. The molecule has 0 heterocycles. The van der Waals surface area contributed by atoms with E-state index in [1.54, 1.807) is 0 Å². The molecular formula is C12H16INO3S. The van der Waals surface area contributed by atoms with E-state index in [1.807, 2.05) is 24.3 Å². The fourth-order valence-corrected chi connectivity index (χ4v) is 2.48. The highest BCUT2D eigenvalue weighted by Crippen LogP contribution is 2.09. The predicted molar refractivity (Wildman–Crippen MR) is 80.2 cm³/mol. The molecule has 0 saturated carbocycles. The van der Waals surface area contributed by atoms with Crippen LogP contribution in [0, 0.1) is 3.57 Å². The van der Waals surface area contributed by atoms with Gasteiger partial charge >= 0.3 is 0 Å². The number of halogens is 1. The number of nitrogens with two attached hydrogens (primary N) is 1. The minimum atomic E-state index is -3.06. The number of hydrogen-bond acceptors (Lipinski definition) is 4. The van der Waals surface area contributed by atoms with Gasteiger partial charge in [0, 0.05) is 16.2 Å². The molecular weight excluding hydrogens is 365 g/mol. The number of Topliss-reactive ketones (excluding diaryl/α,β-unsaturated/α-hetero) is 1. The normalized spacial score (nSPS) is 13.3. The number of hydrogen-bond donors (Lipinski definition) is 1. The SMILES string of the molecule is CS(=O)(=O)CCC(N)C(=O)Cc1ccc(I)cc1. The maximum Gasteiger partial charge on any atom is 0.153 e. The molecule has 100 valence electrons. The topological polar surface area (TPSA) is 77.2 Å². The second-order valence-electron chi connectivity index (χ2n) is 4.29. The Kier molecular flexibility index (Phi) is 5.74. The van der Waals surface area contributed by atoms with Crippen LogP contribution < -0.4 is 5.73 Å². The van der Waals surface area contributed by atoms with E-state index in [1.165, 1.54) is 0 Å². The van der Waals surface area contributed by atoms with E-state index in [-0.39, 0.29) is 24.4 Å². The van der Waals surface area contributed by atoms with Crippen LogP contribution >= 0.6 is 22.6 Å². The van der Waals surface area contributed by atoms with Gasteiger partial charge in [-0.15, -0.1) is 0 Å². The van der Waals surface area contributed by atoms with E-state index in [2.05, 4.69) is 22.6 Å². The molecule has 6 heteroatoms. The largest absolute Gasteiger partial charge is 0.321 e. The van der Waals surface area contributed by atoms with Gasteiger partial charge in [0.2, 0.25) is 0 Å². The monoisotopic (exact) mass is 381 g/mol. The Morgan fingerprint density at radius 2 is 1.89 bits per heavy atom. The summed E-state index contributed by atoms with van der Waals surface area (Å²) in [5.74, 6) is -0.174. The molecule has 1 atom stereocenters. The van der Waals surface area contributed by atoms with Crippen LogP contribution in [-0.2, 0) is 21.1 Å². The molecule has 1 rings (SSSR count). The van der Waals surface area contributed by atoms with Gasteiger partial charge in [-0.25, -0.2) is 8.42 Å². The summed E-state index contributed by atoms with van der Waals surface area (Å²) in [5.41, 5.74) is 6.59. The van der Waals surface area contributed by atoms with Crippen molar-refractivity contribution in [1.82, 2.24) is 0 Å². The van der Waals surface area contributed by atoms with Crippen molar-refractivity contribution >= 4 is 38.2 Å². The molecule has 0 saturated heterocycles. The summed E-state index contributed by atoms with van der Waals surface area (Å²) < 4.78 is 23.1. The van der Waals surface area contributed by atoms with Gasteiger partial charge in [0.15, 0.2) is 5.78 Å². The third-order valence-electron chi connectivity index (χ3n) is 2.50. The Balaban J connectivity index is 2.52. The third-order valence-corrected chi connectivity index (χ3v) is 4.20. The highest BCUT2D eigenvalue weighted by Gasteiger charge is 2.16. The lowest BCUT2D eigenvalue weighted by molar-refractivity contribution is -0.119. The molecule has 0 spiro atoms. The van der Waals surface area contributed by atoms with E-state index < -0.39 is 15.9 Å². The van der Waals surface area contributed by atoms with E-state index in [0.717, 1.165) is 15.4 Å². The minimum absolute atomic E-state index is 0.0490. The first kappa shape index (κ1) is 15.6. The average Bonchev–Trinajstić information content (AvgIpc) is 2.28. The highest BCUT2D eigenvalue weighted by atomic mass is 127. The first-order chi connectivity index (χ1) is 8.28. The quantitative estimate of drug-likeness (QED) is 0.751. The smallest absolute Gasteiger partial charge is 0.153 e. The van der Waals surface area contributed by atoms with Gasteiger partial charge < -0.3 is 5.73 Å². The van der Waals surface area contributed by atoms with Crippen molar-refractivity contribution in [1.29, 1.82) is 0 Å². The van der Waals surface area contributed by atoms with Crippen LogP contribution in [0.25, 0.3) is 0 Å². The lowest BCUT2D eigenvalue weighted by Crippen LogP contribution is -2.33. The summed E-state index contributed by atoms with van der Waals surface area (Å²) in [4.78, 5) is 11.8. The summed E-state index contributed by atoms with van der Waals surface area (Å²) in [7, 11) is -3.06. The summed E-state index contributed by atoms with van der Waals surface area (Å²) in [6, 6.07) is 6.89. The van der Waals surface area contributed by atoms with Gasteiger partial charge in [0.25, 0.3) is 0 Å². The van der Waals surface area contributed by atoms with Crippen LogP contribution in [0.1, 0.15) is 12.0 Å². The molecule has 4 nitrogen and oxygen atoms in total. The van der Waals surface area contributed by atoms with Crippen molar-refractivity contribution in [2.75, 3.05) is 12.0 Å². The standard InChI is InChI=1S/C12H16INO3S/c1-18(16,17)7-6-11(14)12(15)8-9-2-4-10(13)5-3-9/h2-5,11H,6-8,14H2,1H3. The molecule has 0 radical (unpaired) electrons. The van der Waals surface area contributed by atoms with Crippen LogP contribution in [0.5, 0.6) is 0 Å². The zero-order chi connectivity index (χ0) is 13.8. The summed E-state index contributed by atoms with van der Waals surface area (Å²) in [6.45, 7) is 0. The third kappa shape index (κ3) is 5.92. The lowest BCUT2D eigenvalue weighted by Gasteiger charge is -2.09. The van der Waals surface area contributed by atoms with Gasteiger partial charge in [0.1, 0.15) is 9.84 Å². The first-order valence-corrected chi connectivity index (χ1v) is 8.62. The molecule has 2 N–H and O–H groups in total. The fraction of sp³-hybridized carbons (Fsp3) is 0.417. The first-order valence-electron chi connectivity index (χ1n) is 5.48. The number of sulfone groups is 1. The molecule has 0 aliphatic carbocycles. The molecule has 0 amide bonds. The minimum Gasteiger partial charge on any atom is -0.321 e. The summed E-state index contributed by atoms with van der Waals surface area (Å²) in [6.07, 6.45) is 1.58. The number of ketones is 1. The fourth-order valence-electron chi connectivity index (χ4n) is 1.44. The molecule has 0 fully saturated rings. The Hall–Kier alpha value is -0.470. The van der Waals surface area contributed by atoms with Gasteiger partial charge in [-0.05, 0) is 46.7 Å². The maximum atomic E-state index is 11.8. The zero-order valence-corrected chi connectivity index (χ0v) is 13.1. The summed E-state index contributed by atoms with van der Waals surface area (Å²) in [5, 5.41) is 0. The maximum absolute atomic E-state index is 11.8. The molecule has 1 unspecified atom stereocenters.